The van der Waals surface area contributed by atoms with Crippen molar-refractivity contribution in [1.29, 1.82) is 0 Å². The van der Waals surface area contributed by atoms with Gasteiger partial charge in [0.25, 0.3) is 15.9 Å². The van der Waals surface area contributed by atoms with Crippen LogP contribution in [0.15, 0.2) is 81.2 Å². The lowest BCUT2D eigenvalue weighted by Gasteiger charge is -2.24. The molecule has 0 aliphatic rings. The van der Waals surface area contributed by atoms with Crippen LogP contribution in [0.3, 0.4) is 0 Å². The van der Waals surface area contributed by atoms with Gasteiger partial charge in [-0.1, -0.05) is 28.1 Å². The number of nitrogens with zero attached hydrogens (tertiary/aromatic N) is 2. The van der Waals surface area contributed by atoms with Gasteiger partial charge in [0.05, 0.1) is 37.1 Å². The number of amides is 1. The van der Waals surface area contributed by atoms with Crippen molar-refractivity contribution in [3.8, 4) is 17.2 Å². The SMILES string of the molecule is CCOc1ccc(N(CC(=O)N/N=C(/C)c2cccc(Br)c2)S(=O)(=O)c2ccc(OC)c(OC)c2)cc1. The van der Waals surface area contributed by atoms with Gasteiger partial charge in [0.15, 0.2) is 11.5 Å². The molecule has 0 aromatic heterocycles. The van der Waals surface area contributed by atoms with Crippen molar-refractivity contribution in [2.24, 2.45) is 5.10 Å². The van der Waals surface area contributed by atoms with Crippen LogP contribution in [-0.4, -0.2) is 47.4 Å². The zero-order valence-corrected chi connectivity index (χ0v) is 23.3. The molecule has 0 atom stereocenters. The standard InChI is InChI=1S/C26H28BrN3O6S/c1-5-36-22-11-9-21(10-12-22)30(37(32,33)23-13-14-24(34-3)25(16-23)35-4)17-26(31)29-28-18(2)19-7-6-8-20(27)15-19/h6-16H,5,17H2,1-4H3,(H,29,31)/b28-18-. The van der Waals surface area contributed by atoms with Crippen molar-refractivity contribution in [2.75, 3.05) is 31.7 Å². The van der Waals surface area contributed by atoms with Crippen molar-refractivity contribution in [3.63, 3.8) is 0 Å². The number of sulfonamides is 1. The molecule has 0 saturated heterocycles. The second-order valence-electron chi connectivity index (χ2n) is 7.70. The van der Waals surface area contributed by atoms with E-state index in [9.17, 15) is 13.2 Å². The largest absolute Gasteiger partial charge is 0.494 e. The Morgan fingerprint density at radius 2 is 1.70 bits per heavy atom. The maximum Gasteiger partial charge on any atom is 0.264 e. The Kier molecular flexibility index (Phi) is 9.54. The van der Waals surface area contributed by atoms with Crippen LogP contribution in [0, 0.1) is 0 Å². The molecule has 0 aliphatic carbocycles. The van der Waals surface area contributed by atoms with Gasteiger partial charge in [0.2, 0.25) is 0 Å². The zero-order chi connectivity index (χ0) is 27.0. The number of hydrogen-bond donors (Lipinski definition) is 1. The summed E-state index contributed by atoms with van der Waals surface area (Å²) in [6, 6.07) is 18.1. The number of carbonyl (C=O) groups is 1. The number of nitrogens with one attached hydrogen (secondary N) is 1. The van der Waals surface area contributed by atoms with Crippen molar-refractivity contribution < 1.29 is 27.4 Å². The Morgan fingerprint density at radius 3 is 2.32 bits per heavy atom. The average molecular weight is 590 g/mol. The van der Waals surface area contributed by atoms with Gasteiger partial charge in [-0.15, -0.1) is 0 Å². The number of ether oxygens (including phenoxy) is 3. The predicted molar refractivity (Wildman–Crippen MR) is 146 cm³/mol. The summed E-state index contributed by atoms with van der Waals surface area (Å²) in [5, 5.41) is 4.14. The molecule has 0 heterocycles. The van der Waals surface area contributed by atoms with Crippen LogP contribution in [0.25, 0.3) is 0 Å². The number of hydrogen-bond acceptors (Lipinski definition) is 7. The van der Waals surface area contributed by atoms with E-state index in [0.29, 0.717) is 23.8 Å². The highest BCUT2D eigenvalue weighted by atomic mass is 79.9. The molecule has 0 unspecified atom stereocenters. The van der Waals surface area contributed by atoms with E-state index < -0.39 is 22.5 Å². The number of halogens is 1. The van der Waals surface area contributed by atoms with Gasteiger partial charge in [-0.3, -0.25) is 9.10 Å². The molecule has 0 spiro atoms. The summed E-state index contributed by atoms with van der Waals surface area (Å²) >= 11 is 3.41. The molecular weight excluding hydrogens is 562 g/mol. The van der Waals surface area contributed by atoms with E-state index >= 15 is 0 Å². The first kappa shape index (κ1) is 28.0. The lowest BCUT2D eigenvalue weighted by molar-refractivity contribution is -0.119. The van der Waals surface area contributed by atoms with E-state index in [4.69, 9.17) is 14.2 Å². The molecule has 1 amide bonds. The van der Waals surface area contributed by atoms with E-state index in [0.717, 1.165) is 14.3 Å². The van der Waals surface area contributed by atoms with E-state index in [1.165, 1.54) is 32.4 Å². The molecule has 0 saturated carbocycles. The normalized spacial score (nSPS) is 11.5. The Labute approximate surface area is 225 Å². The Bertz CT molecular complexity index is 1380. The highest BCUT2D eigenvalue weighted by Crippen LogP contribution is 2.32. The van der Waals surface area contributed by atoms with Gasteiger partial charge in [-0.25, -0.2) is 13.8 Å². The third kappa shape index (κ3) is 7.01. The maximum atomic E-state index is 13.7. The number of anilines is 1. The summed E-state index contributed by atoms with van der Waals surface area (Å²) in [6.07, 6.45) is 0. The summed E-state index contributed by atoms with van der Waals surface area (Å²) in [6.45, 7) is 3.54. The Morgan fingerprint density at radius 1 is 1.00 bits per heavy atom. The van der Waals surface area contributed by atoms with Crippen molar-refractivity contribution in [2.45, 2.75) is 18.7 Å². The number of benzene rings is 3. The third-order valence-electron chi connectivity index (χ3n) is 5.26. The maximum absolute atomic E-state index is 13.7. The van der Waals surface area contributed by atoms with E-state index in [1.54, 1.807) is 31.2 Å². The summed E-state index contributed by atoms with van der Waals surface area (Å²) < 4.78 is 45.3. The Balaban J connectivity index is 1.94. The molecule has 1 N–H and O–H groups in total. The summed E-state index contributed by atoms with van der Waals surface area (Å²) in [7, 11) is -1.31. The first-order valence-corrected chi connectivity index (χ1v) is 13.5. The van der Waals surface area contributed by atoms with Gasteiger partial charge >= 0.3 is 0 Å². The first-order chi connectivity index (χ1) is 17.7. The van der Waals surface area contributed by atoms with Gasteiger partial charge in [-0.2, -0.15) is 5.10 Å². The molecule has 9 nitrogen and oxygen atoms in total. The molecule has 3 aromatic carbocycles. The lowest BCUT2D eigenvalue weighted by Crippen LogP contribution is -2.39. The van der Waals surface area contributed by atoms with E-state index in [-0.39, 0.29) is 16.3 Å². The summed E-state index contributed by atoms with van der Waals surface area (Å²) in [5.74, 6) is 0.582. The van der Waals surface area contributed by atoms with Crippen LogP contribution in [0.1, 0.15) is 19.4 Å². The van der Waals surface area contributed by atoms with Crippen molar-refractivity contribution in [1.82, 2.24) is 5.43 Å². The topological polar surface area (TPSA) is 107 Å². The van der Waals surface area contributed by atoms with Crippen LogP contribution >= 0.6 is 15.9 Å². The second-order valence-corrected chi connectivity index (χ2v) is 10.5. The van der Waals surface area contributed by atoms with Crippen LogP contribution in [0.5, 0.6) is 17.2 Å². The molecule has 3 rings (SSSR count). The van der Waals surface area contributed by atoms with Crippen LogP contribution in [0.4, 0.5) is 5.69 Å². The minimum absolute atomic E-state index is 0.0688. The molecule has 0 radical (unpaired) electrons. The van der Waals surface area contributed by atoms with Gasteiger partial charge in [0, 0.05) is 10.5 Å². The van der Waals surface area contributed by atoms with Crippen LogP contribution in [-0.2, 0) is 14.8 Å². The highest BCUT2D eigenvalue weighted by molar-refractivity contribution is 9.10. The van der Waals surface area contributed by atoms with Crippen molar-refractivity contribution in [3.05, 3.63) is 76.8 Å². The first-order valence-electron chi connectivity index (χ1n) is 11.3. The molecule has 0 fully saturated rings. The minimum atomic E-state index is -4.19. The molecule has 196 valence electrons. The summed E-state index contributed by atoms with van der Waals surface area (Å²) in [4.78, 5) is 12.8. The van der Waals surface area contributed by atoms with Gasteiger partial charge < -0.3 is 14.2 Å². The second kappa shape index (κ2) is 12.6. The fourth-order valence-corrected chi connectivity index (χ4v) is 5.22. The minimum Gasteiger partial charge on any atom is -0.494 e. The fraction of sp³-hybridized carbons (Fsp3) is 0.231. The molecule has 37 heavy (non-hydrogen) atoms. The number of carbonyl (C=O) groups excluding carboxylic acids is 1. The van der Waals surface area contributed by atoms with Gasteiger partial charge in [-0.05, 0) is 67.9 Å². The molecule has 3 aromatic rings. The van der Waals surface area contributed by atoms with E-state index in [2.05, 4.69) is 26.5 Å². The lowest BCUT2D eigenvalue weighted by atomic mass is 10.1. The zero-order valence-electron chi connectivity index (χ0n) is 20.9. The van der Waals surface area contributed by atoms with Crippen LogP contribution in [0.2, 0.25) is 0 Å². The molecule has 0 bridgehead atoms. The number of hydrazone groups is 1. The van der Waals surface area contributed by atoms with Crippen molar-refractivity contribution >= 4 is 43.3 Å². The van der Waals surface area contributed by atoms with Gasteiger partial charge in [0.1, 0.15) is 12.3 Å². The fourth-order valence-electron chi connectivity index (χ4n) is 3.38. The third-order valence-corrected chi connectivity index (χ3v) is 7.52. The number of rotatable bonds is 11. The monoisotopic (exact) mass is 589 g/mol. The molecule has 11 heteroatoms. The molecule has 0 aliphatic heterocycles. The summed E-state index contributed by atoms with van der Waals surface area (Å²) in [5.41, 5.74) is 4.10. The average Bonchev–Trinajstić information content (AvgIpc) is 2.90. The molecular formula is C26H28BrN3O6S. The quantitative estimate of drug-likeness (QED) is 0.259. The Hall–Kier alpha value is -3.57. The number of methoxy groups -OCH3 is 2. The van der Waals surface area contributed by atoms with Crippen LogP contribution < -0.4 is 23.9 Å². The predicted octanol–water partition coefficient (Wildman–Crippen LogP) is 4.60. The van der Waals surface area contributed by atoms with E-state index in [1.807, 2.05) is 31.2 Å². The smallest absolute Gasteiger partial charge is 0.264 e. The highest BCUT2D eigenvalue weighted by Gasteiger charge is 2.28.